The number of hydrogen-bond donors (Lipinski definition) is 2. The zero-order chi connectivity index (χ0) is 12.5. The summed E-state index contributed by atoms with van der Waals surface area (Å²) >= 11 is 3.53. The number of halogens is 1. The Kier molecular flexibility index (Phi) is 3.79. The molecule has 0 aromatic heterocycles. The van der Waals surface area contributed by atoms with Crippen LogP contribution in [0.1, 0.15) is 32.3 Å². The molecular weight excluding hydrogens is 276 g/mol. The van der Waals surface area contributed by atoms with Gasteiger partial charge in [-0.1, -0.05) is 15.9 Å². The Morgan fingerprint density at radius 3 is 2.82 bits per heavy atom. The monoisotopic (exact) mass is 296 g/mol. The number of piperidine rings is 1. The van der Waals surface area contributed by atoms with Gasteiger partial charge in [-0.25, -0.2) is 0 Å². The Bertz CT molecular complexity index is 401. The van der Waals surface area contributed by atoms with Crippen LogP contribution in [-0.4, -0.2) is 18.1 Å². The Balaban J connectivity index is 2.03. The van der Waals surface area contributed by atoms with Crippen molar-refractivity contribution in [2.75, 3.05) is 11.9 Å². The minimum atomic E-state index is 0.250. The maximum atomic E-state index is 3.64. The first-order valence-corrected chi connectivity index (χ1v) is 7.03. The summed E-state index contributed by atoms with van der Waals surface area (Å²) in [4.78, 5) is 0. The van der Waals surface area contributed by atoms with Crippen molar-refractivity contribution in [1.29, 1.82) is 0 Å². The van der Waals surface area contributed by atoms with E-state index < -0.39 is 0 Å². The number of hydrogen-bond acceptors (Lipinski definition) is 2. The minimum Gasteiger partial charge on any atom is -0.382 e. The maximum absolute atomic E-state index is 3.64. The van der Waals surface area contributed by atoms with Gasteiger partial charge in [0.25, 0.3) is 0 Å². The molecule has 1 heterocycles. The molecule has 3 heteroatoms. The van der Waals surface area contributed by atoms with Gasteiger partial charge in [-0.05, 0) is 63.9 Å². The van der Waals surface area contributed by atoms with Gasteiger partial charge in [0, 0.05) is 21.7 Å². The van der Waals surface area contributed by atoms with E-state index in [0.29, 0.717) is 6.04 Å². The van der Waals surface area contributed by atoms with E-state index in [1.54, 1.807) is 0 Å². The van der Waals surface area contributed by atoms with Gasteiger partial charge >= 0.3 is 0 Å². The minimum absolute atomic E-state index is 0.250. The molecule has 1 aromatic carbocycles. The average molecular weight is 297 g/mol. The summed E-state index contributed by atoms with van der Waals surface area (Å²) in [6.45, 7) is 7.77. The van der Waals surface area contributed by atoms with E-state index in [1.165, 1.54) is 28.6 Å². The molecule has 94 valence electrons. The summed E-state index contributed by atoms with van der Waals surface area (Å²) in [5.41, 5.74) is 2.76. The molecule has 2 N–H and O–H groups in total. The predicted molar refractivity (Wildman–Crippen MR) is 77.6 cm³/mol. The van der Waals surface area contributed by atoms with Gasteiger partial charge in [-0.2, -0.15) is 0 Å². The second-order valence-corrected chi connectivity index (χ2v) is 6.46. The third-order valence-corrected chi connectivity index (χ3v) is 4.27. The molecule has 0 spiro atoms. The number of anilines is 1. The first kappa shape index (κ1) is 12.9. The third-order valence-electron chi connectivity index (χ3n) is 3.38. The highest BCUT2D eigenvalue weighted by Gasteiger charge is 2.27. The lowest BCUT2D eigenvalue weighted by atomic mass is 9.89. The third kappa shape index (κ3) is 3.46. The number of rotatable bonds is 2. The van der Waals surface area contributed by atoms with Crippen LogP contribution in [0.3, 0.4) is 0 Å². The highest BCUT2D eigenvalue weighted by atomic mass is 79.9. The zero-order valence-corrected chi connectivity index (χ0v) is 12.4. The number of nitrogens with one attached hydrogen (secondary N) is 2. The van der Waals surface area contributed by atoms with Gasteiger partial charge < -0.3 is 10.6 Å². The first-order valence-electron chi connectivity index (χ1n) is 6.24. The van der Waals surface area contributed by atoms with E-state index >= 15 is 0 Å². The molecule has 1 atom stereocenters. The Hall–Kier alpha value is -0.540. The van der Waals surface area contributed by atoms with Crippen molar-refractivity contribution in [2.45, 2.75) is 45.2 Å². The van der Waals surface area contributed by atoms with Gasteiger partial charge in [0.05, 0.1) is 0 Å². The Morgan fingerprint density at radius 2 is 2.18 bits per heavy atom. The molecule has 1 aliphatic heterocycles. The van der Waals surface area contributed by atoms with Crippen LogP contribution in [0.25, 0.3) is 0 Å². The smallest absolute Gasteiger partial charge is 0.0345 e. The Morgan fingerprint density at radius 1 is 1.41 bits per heavy atom. The lowest BCUT2D eigenvalue weighted by Gasteiger charge is -2.37. The van der Waals surface area contributed by atoms with Crippen LogP contribution in [0.4, 0.5) is 5.69 Å². The van der Waals surface area contributed by atoms with Crippen LogP contribution in [0.5, 0.6) is 0 Å². The van der Waals surface area contributed by atoms with E-state index in [1.807, 2.05) is 0 Å². The largest absolute Gasteiger partial charge is 0.382 e. The van der Waals surface area contributed by atoms with Crippen LogP contribution < -0.4 is 10.6 Å². The zero-order valence-electron chi connectivity index (χ0n) is 10.8. The van der Waals surface area contributed by atoms with E-state index in [2.05, 4.69) is 65.5 Å². The molecule has 0 bridgehead atoms. The molecular formula is C14H21BrN2. The van der Waals surface area contributed by atoms with Gasteiger partial charge in [0.1, 0.15) is 0 Å². The van der Waals surface area contributed by atoms with Crippen molar-refractivity contribution < 1.29 is 0 Å². The number of aryl methyl sites for hydroxylation is 1. The average Bonchev–Trinajstić information content (AvgIpc) is 2.22. The lowest BCUT2D eigenvalue weighted by molar-refractivity contribution is 0.286. The fraction of sp³-hybridized carbons (Fsp3) is 0.571. The van der Waals surface area contributed by atoms with Crippen molar-refractivity contribution in [3.8, 4) is 0 Å². The van der Waals surface area contributed by atoms with Crippen LogP contribution >= 0.6 is 15.9 Å². The van der Waals surface area contributed by atoms with Gasteiger partial charge in [-0.15, -0.1) is 0 Å². The molecule has 1 aliphatic rings. The van der Waals surface area contributed by atoms with Crippen molar-refractivity contribution in [3.63, 3.8) is 0 Å². The molecule has 0 saturated carbocycles. The first-order chi connectivity index (χ1) is 7.96. The molecule has 0 aliphatic carbocycles. The van der Waals surface area contributed by atoms with Crippen molar-refractivity contribution in [2.24, 2.45) is 0 Å². The Labute approximate surface area is 112 Å². The van der Waals surface area contributed by atoms with E-state index in [9.17, 15) is 0 Å². The molecule has 1 unspecified atom stereocenters. The standard InChI is InChI=1S/C14H21BrN2/c1-10-8-11(4-5-13(10)15)17-12-6-7-16-14(2,3)9-12/h4-5,8,12,16-17H,6-7,9H2,1-3H3. The van der Waals surface area contributed by atoms with Crippen molar-refractivity contribution in [1.82, 2.24) is 5.32 Å². The van der Waals surface area contributed by atoms with Crippen LogP contribution in [0, 0.1) is 6.92 Å². The van der Waals surface area contributed by atoms with E-state index in [4.69, 9.17) is 0 Å². The van der Waals surface area contributed by atoms with Gasteiger partial charge in [0.2, 0.25) is 0 Å². The normalized spacial score (nSPS) is 23.4. The highest BCUT2D eigenvalue weighted by molar-refractivity contribution is 9.10. The molecule has 1 saturated heterocycles. The molecule has 0 radical (unpaired) electrons. The maximum Gasteiger partial charge on any atom is 0.0345 e. The molecule has 17 heavy (non-hydrogen) atoms. The summed E-state index contributed by atoms with van der Waals surface area (Å²) in [6, 6.07) is 7.04. The topological polar surface area (TPSA) is 24.1 Å². The quantitative estimate of drug-likeness (QED) is 0.869. The highest BCUT2D eigenvalue weighted by Crippen LogP contribution is 2.24. The summed E-state index contributed by atoms with van der Waals surface area (Å²) in [5.74, 6) is 0. The molecule has 1 fully saturated rings. The second-order valence-electron chi connectivity index (χ2n) is 5.61. The summed E-state index contributed by atoms with van der Waals surface area (Å²) < 4.78 is 1.17. The molecule has 1 aromatic rings. The number of benzene rings is 1. The lowest BCUT2D eigenvalue weighted by Crippen LogP contribution is -2.50. The SMILES string of the molecule is Cc1cc(NC2CCNC(C)(C)C2)ccc1Br. The van der Waals surface area contributed by atoms with Crippen LogP contribution in [0.2, 0.25) is 0 Å². The van der Waals surface area contributed by atoms with Gasteiger partial charge in [-0.3, -0.25) is 0 Å². The predicted octanol–water partition coefficient (Wildman–Crippen LogP) is 3.70. The van der Waals surface area contributed by atoms with Crippen LogP contribution in [0.15, 0.2) is 22.7 Å². The summed E-state index contributed by atoms with van der Waals surface area (Å²) in [7, 11) is 0. The summed E-state index contributed by atoms with van der Waals surface area (Å²) in [5, 5.41) is 7.19. The fourth-order valence-corrected chi connectivity index (χ4v) is 2.72. The molecule has 2 rings (SSSR count). The van der Waals surface area contributed by atoms with E-state index in [0.717, 1.165) is 6.54 Å². The molecule has 2 nitrogen and oxygen atoms in total. The second kappa shape index (κ2) is 4.99. The fourth-order valence-electron chi connectivity index (χ4n) is 2.47. The van der Waals surface area contributed by atoms with E-state index in [-0.39, 0.29) is 5.54 Å². The summed E-state index contributed by atoms with van der Waals surface area (Å²) in [6.07, 6.45) is 2.36. The molecule has 0 amide bonds. The van der Waals surface area contributed by atoms with Gasteiger partial charge in [0.15, 0.2) is 0 Å². The van der Waals surface area contributed by atoms with Crippen molar-refractivity contribution >= 4 is 21.6 Å². The van der Waals surface area contributed by atoms with Crippen LogP contribution in [-0.2, 0) is 0 Å². The van der Waals surface area contributed by atoms with Crippen molar-refractivity contribution in [3.05, 3.63) is 28.2 Å².